The fourth-order valence-electron chi connectivity index (χ4n) is 3.15. The highest BCUT2D eigenvalue weighted by Crippen LogP contribution is 2.26. The number of rotatable bonds is 4. The fourth-order valence-corrected chi connectivity index (χ4v) is 3.15. The van der Waals surface area contributed by atoms with E-state index in [2.05, 4.69) is 44.5 Å². The van der Waals surface area contributed by atoms with Gasteiger partial charge >= 0.3 is 0 Å². The first kappa shape index (κ1) is 15.9. The third-order valence-electron chi connectivity index (χ3n) is 4.01. The van der Waals surface area contributed by atoms with Crippen molar-refractivity contribution in [2.75, 3.05) is 33.2 Å². The number of hydrogen-bond donors (Lipinski definition) is 1. The Balaban J connectivity index is 2.74. The second-order valence-electron chi connectivity index (χ2n) is 7.07. The summed E-state index contributed by atoms with van der Waals surface area (Å²) in [4.78, 5) is 5.16. The van der Waals surface area contributed by atoms with Gasteiger partial charge in [0, 0.05) is 31.7 Å². The van der Waals surface area contributed by atoms with Gasteiger partial charge in [0.15, 0.2) is 0 Å². The van der Waals surface area contributed by atoms with Crippen molar-refractivity contribution in [1.82, 2.24) is 9.80 Å². The molecule has 1 rings (SSSR count). The molecule has 1 fully saturated rings. The van der Waals surface area contributed by atoms with E-state index in [1.54, 1.807) is 0 Å². The molecule has 108 valence electrons. The highest BCUT2D eigenvalue weighted by molar-refractivity contribution is 4.86. The fraction of sp³-hybridized carbons (Fsp3) is 1.00. The lowest BCUT2D eigenvalue weighted by Gasteiger charge is -2.39. The van der Waals surface area contributed by atoms with Gasteiger partial charge in [0.05, 0.1) is 0 Å². The average molecular weight is 255 g/mol. The molecule has 0 aromatic heterocycles. The summed E-state index contributed by atoms with van der Waals surface area (Å²) in [6.45, 7) is 13.7. The van der Waals surface area contributed by atoms with Crippen molar-refractivity contribution >= 4 is 0 Å². The topological polar surface area (TPSA) is 32.5 Å². The van der Waals surface area contributed by atoms with Crippen molar-refractivity contribution in [3.05, 3.63) is 0 Å². The van der Waals surface area contributed by atoms with Gasteiger partial charge in [-0.1, -0.05) is 27.7 Å². The lowest BCUT2D eigenvalue weighted by molar-refractivity contribution is 0.101. The molecule has 3 heteroatoms. The van der Waals surface area contributed by atoms with Gasteiger partial charge in [-0.25, -0.2) is 0 Å². The summed E-state index contributed by atoms with van der Waals surface area (Å²) >= 11 is 0. The minimum absolute atomic E-state index is 0.362. The van der Waals surface area contributed by atoms with Crippen molar-refractivity contribution in [2.24, 2.45) is 11.1 Å². The number of nitrogens with zero attached hydrogens (tertiary/aromatic N) is 2. The largest absolute Gasteiger partial charge is 0.329 e. The summed E-state index contributed by atoms with van der Waals surface area (Å²) < 4.78 is 0. The van der Waals surface area contributed by atoms with E-state index in [4.69, 9.17) is 5.73 Å². The van der Waals surface area contributed by atoms with Crippen LogP contribution in [-0.4, -0.2) is 55.1 Å². The molecule has 1 aliphatic heterocycles. The van der Waals surface area contributed by atoms with Crippen LogP contribution in [0.2, 0.25) is 0 Å². The quantitative estimate of drug-likeness (QED) is 0.835. The second kappa shape index (κ2) is 6.88. The highest BCUT2D eigenvalue weighted by atomic mass is 15.3. The van der Waals surface area contributed by atoms with Gasteiger partial charge in [0.2, 0.25) is 0 Å². The predicted octanol–water partition coefficient (Wildman–Crippen LogP) is 2.17. The van der Waals surface area contributed by atoms with Gasteiger partial charge in [-0.3, -0.25) is 4.90 Å². The Morgan fingerprint density at radius 2 is 1.94 bits per heavy atom. The maximum absolute atomic E-state index is 6.06. The third kappa shape index (κ3) is 4.87. The molecular weight excluding hydrogens is 222 g/mol. The zero-order valence-corrected chi connectivity index (χ0v) is 13.1. The van der Waals surface area contributed by atoms with E-state index >= 15 is 0 Å². The molecule has 0 saturated carbocycles. The molecule has 18 heavy (non-hydrogen) atoms. The molecule has 0 spiro atoms. The standard InChI is InChI=1S/C15H33N3/c1-6-13-12-17(5)8-7-9-18(13)14(11-16)10-15(2,3)4/h13-14H,6-12,16H2,1-5H3. The molecule has 0 aromatic rings. The van der Waals surface area contributed by atoms with Crippen LogP contribution in [0.3, 0.4) is 0 Å². The molecule has 2 N–H and O–H groups in total. The Kier molecular flexibility index (Phi) is 6.09. The molecular formula is C15H33N3. The van der Waals surface area contributed by atoms with Crippen LogP contribution < -0.4 is 5.73 Å². The van der Waals surface area contributed by atoms with E-state index in [0.717, 1.165) is 6.54 Å². The maximum Gasteiger partial charge on any atom is 0.0226 e. The van der Waals surface area contributed by atoms with E-state index in [1.807, 2.05) is 0 Å². The molecule has 2 atom stereocenters. The molecule has 0 bridgehead atoms. The molecule has 1 aliphatic rings. The predicted molar refractivity (Wildman–Crippen MR) is 79.8 cm³/mol. The van der Waals surface area contributed by atoms with Crippen molar-refractivity contribution in [3.8, 4) is 0 Å². The molecule has 1 saturated heterocycles. The van der Waals surface area contributed by atoms with Crippen molar-refractivity contribution in [1.29, 1.82) is 0 Å². The van der Waals surface area contributed by atoms with Crippen LogP contribution in [-0.2, 0) is 0 Å². The van der Waals surface area contributed by atoms with Gasteiger partial charge in [-0.2, -0.15) is 0 Å². The van der Waals surface area contributed by atoms with Crippen LogP contribution >= 0.6 is 0 Å². The molecule has 2 unspecified atom stereocenters. The SMILES string of the molecule is CCC1CN(C)CCCN1C(CN)CC(C)(C)C. The highest BCUT2D eigenvalue weighted by Gasteiger charge is 2.29. The minimum atomic E-state index is 0.362. The molecule has 1 heterocycles. The van der Waals surface area contributed by atoms with Crippen LogP contribution in [0.4, 0.5) is 0 Å². The van der Waals surface area contributed by atoms with Gasteiger partial charge in [-0.15, -0.1) is 0 Å². The Morgan fingerprint density at radius 3 is 2.44 bits per heavy atom. The molecule has 0 radical (unpaired) electrons. The summed E-state index contributed by atoms with van der Waals surface area (Å²) in [6, 6.07) is 1.22. The normalized spacial score (nSPS) is 26.0. The van der Waals surface area contributed by atoms with Crippen molar-refractivity contribution in [3.63, 3.8) is 0 Å². The van der Waals surface area contributed by atoms with Gasteiger partial charge in [0.1, 0.15) is 0 Å². The average Bonchev–Trinajstić information content (AvgIpc) is 2.46. The minimum Gasteiger partial charge on any atom is -0.329 e. The Hall–Kier alpha value is -0.120. The van der Waals surface area contributed by atoms with Crippen LogP contribution in [0.15, 0.2) is 0 Å². The maximum atomic E-state index is 6.06. The van der Waals surface area contributed by atoms with E-state index < -0.39 is 0 Å². The summed E-state index contributed by atoms with van der Waals surface area (Å²) in [7, 11) is 2.24. The van der Waals surface area contributed by atoms with Crippen molar-refractivity contribution in [2.45, 2.75) is 59.0 Å². The van der Waals surface area contributed by atoms with Crippen LogP contribution in [0, 0.1) is 5.41 Å². The zero-order chi connectivity index (χ0) is 13.8. The lowest BCUT2D eigenvalue weighted by atomic mass is 9.87. The first-order valence-electron chi connectivity index (χ1n) is 7.51. The van der Waals surface area contributed by atoms with Crippen molar-refractivity contribution < 1.29 is 0 Å². The van der Waals surface area contributed by atoms with Gasteiger partial charge in [0.25, 0.3) is 0 Å². The summed E-state index contributed by atoms with van der Waals surface area (Å²) in [5.41, 5.74) is 6.42. The summed E-state index contributed by atoms with van der Waals surface area (Å²) in [6.07, 6.45) is 3.70. The summed E-state index contributed by atoms with van der Waals surface area (Å²) in [5.74, 6) is 0. The Bertz CT molecular complexity index is 234. The first-order valence-corrected chi connectivity index (χ1v) is 7.51. The summed E-state index contributed by atoms with van der Waals surface area (Å²) in [5, 5.41) is 0. The van der Waals surface area contributed by atoms with Gasteiger partial charge in [-0.05, 0) is 38.3 Å². The monoisotopic (exact) mass is 255 g/mol. The number of nitrogens with two attached hydrogens (primary N) is 1. The van der Waals surface area contributed by atoms with Crippen LogP contribution in [0.5, 0.6) is 0 Å². The van der Waals surface area contributed by atoms with E-state index in [9.17, 15) is 0 Å². The Morgan fingerprint density at radius 1 is 1.28 bits per heavy atom. The van der Waals surface area contributed by atoms with E-state index in [-0.39, 0.29) is 0 Å². The molecule has 0 amide bonds. The Labute approximate surface area is 114 Å². The zero-order valence-electron chi connectivity index (χ0n) is 13.1. The number of likely N-dealkylation sites (N-methyl/N-ethyl adjacent to an activating group) is 1. The smallest absolute Gasteiger partial charge is 0.0226 e. The van der Waals surface area contributed by atoms with Crippen LogP contribution in [0.1, 0.15) is 47.0 Å². The van der Waals surface area contributed by atoms with E-state index in [1.165, 1.54) is 38.9 Å². The molecule has 0 aliphatic carbocycles. The van der Waals surface area contributed by atoms with Gasteiger partial charge < -0.3 is 10.6 Å². The second-order valence-corrected chi connectivity index (χ2v) is 7.07. The lowest BCUT2D eigenvalue weighted by Crippen LogP contribution is -2.50. The first-order chi connectivity index (χ1) is 8.37. The third-order valence-corrected chi connectivity index (χ3v) is 4.01. The van der Waals surface area contributed by atoms with Crippen LogP contribution in [0.25, 0.3) is 0 Å². The van der Waals surface area contributed by atoms with E-state index in [0.29, 0.717) is 17.5 Å². The molecule has 0 aromatic carbocycles. The molecule has 3 nitrogen and oxygen atoms in total. The number of hydrogen-bond acceptors (Lipinski definition) is 3.